The lowest BCUT2D eigenvalue weighted by atomic mass is 9.97. The molecule has 226 valence electrons. The van der Waals surface area contributed by atoms with Gasteiger partial charge in [0.05, 0.1) is 47.8 Å². The van der Waals surface area contributed by atoms with E-state index in [9.17, 15) is 4.79 Å². The molecule has 2 aromatic carbocycles. The molecule has 2 aliphatic heterocycles. The lowest BCUT2D eigenvalue weighted by molar-refractivity contribution is -0.119. The summed E-state index contributed by atoms with van der Waals surface area (Å²) in [6, 6.07) is 19.8. The molecule has 1 fully saturated rings. The normalized spacial score (nSPS) is 16.0. The molecule has 6 rings (SSSR count). The largest absolute Gasteiger partial charge is 0.481 e. The molecule has 2 N–H and O–H groups in total. The van der Waals surface area contributed by atoms with Gasteiger partial charge in [-0.05, 0) is 43.9 Å². The van der Waals surface area contributed by atoms with Gasteiger partial charge in [0, 0.05) is 46.8 Å². The van der Waals surface area contributed by atoms with Crippen molar-refractivity contribution in [3.63, 3.8) is 0 Å². The fourth-order valence-electron chi connectivity index (χ4n) is 5.80. The number of carbonyl (C=O) groups excluding carboxylic acids is 1. The monoisotopic (exact) mass is 629 g/mol. The Morgan fingerprint density at radius 1 is 0.818 bits per heavy atom. The molecule has 2 aliphatic rings. The first kappa shape index (κ1) is 29.9. The first-order valence-electron chi connectivity index (χ1n) is 14.7. The molecule has 4 heterocycles. The number of hydrogen-bond donors (Lipinski definition) is 2. The van der Waals surface area contributed by atoms with E-state index in [0.717, 1.165) is 78.0 Å². The van der Waals surface area contributed by atoms with Crippen molar-refractivity contribution in [3.8, 4) is 45.4 Å². The summed E-state index contributed by atoms with van der Waals surface area (Å²) in [5, 5.41) is 7.37. The molecule has 4 aromatic rings. The first-order chi connectivity index (χ1) is 21.5. The highest BCUT2D eigenvalue weighted by Gasteiger charge is 2.22. The van der Waals surface area contributed by atoms with Crippen LogP contribution < -0.4 is 20.1 Å². The molecule has 0 bridgehead atoms. The molecule has 1 saturated heterocycles. The van der Waals surface area contributed by atoms with Crippen LogP contribution in [0.25, 0.3) is 33.6 Å². The number of aryl methyl sites for hydroxylation is 1. The van der Waals surface area contributed by atoms with Crippen LogP contribution in [0.2, 0.25) is 10.0 Å². The maximum Gasteiger partial charge on any atom is 0.224 e. The molecule has 1 amide bonds. The van der Waals surface area contributed by atoms with E-state index in [1.54, 1.807) is 14.2 Å². The van der Waals surface area contributed by atoms with Crippen LogP contribution in [0, 0.1) is 0 Å². The van der Waals surface area contributed by atoms with Gasteiger partial charge in [-0.25, -0.2) is 9.97 Å². The molecular formula is C34H33Cl2N5O3. The molecule has 0 unspecified atom stereocenters. The molecule has 2 aromatic heterocycles. The fraction of sp³-hybridized carbons (Fsp3) is 0.294. The van der Waals surface area contributed by atoms with E-state index in [1.165, 1.54) is 0 Å². The van der Waals surface area contributed by atoms with Gasteiger partial charge in [-0.2, -0.15) is 0 Å². The number of amidine groups is 1. The van der Waals surface area contributed by atoms with Crippen molar-refractivity contribution in [2.24, 2.45) is 4.99 Å². The van der Waals surface area contributed by atoms with Gasteiger partial charge in [0.25, 0.3) is 0 Å². The van der Waals surface area contributed by atoms with Gasteiger partial charge in [0.2, 0.25) is 17.7 Å². The highest BCUT2D eigenvalue weighted by molar-refractivity contribution is 6.39. The third-order valence-corrected chi connectivity index (χ3v) is 8.85. The number of nitrogens with one attached hydrogen (secondary N) is 2. The van der Waals surface area contributed by atoms with Crippen molar-refractivity contribution in [1.29, 1.82) is 0 Å². The third-order valence-electron chi connectivity index (χ3n) is 8.04. The molecular weight excluding hydrogens is 597 g/mol. The van der Waals surface area contributed by atoms with Crippen LogP contribution in [-0.2, 0) is 11.2 Å². The van der Waals surface area contributed by atoms with Crippen molar-refractivity contribution in [2.75, 3.05) is 27.3 Å². The SMILES string of the molecule is COc1nc(-c2cccc(-c3cccc(-c4ccc(C5=NCCN5)c(OC)n4)c3Cl)c2Cl)ccc1CCC[C@@H]1CCC(=O)N1. The van der Waals surface area contributed by atoms with Gasteiger partial charge in [0.1, 0.15) is 5.84 Å². The Kier molecular flexibility index (Phi) is 9.00. The summed E-state index contributed by atoms with van der Waals surface area (Å²) in [6.45, 7) is 1.52. The molecule has 0 aliphatic carbocycles. The number of rotatable bonds is 10. The number of hydrogen-bond acceptors (Lipinski definition) is 7. The number of carbonyl (C=O) groups is 1. The number of aliphatic imine (C=N–C) groups is 1. The number of pyridine rings is 2. The maximum atomic E-state index is 11.5. The highest BCUT2D eigenvalue weighted by Crippen LogP contribution is 2.42. The van der Waals surface area contributed by atoms with Crippen LogP contribution in [0.5, 0.6) is 11.8 Å². The predicted octanol–water partition coefficient (Wildman–Crippen LogP) is 6.75. The summed E-state index contributed by atoms with van der Waals surface area (Å²) in [5.74, 6) is 1.97. The molecule has 1 atom stereocenters. The van der Waals surface area contributed by atoms with Crippen LogP contribution >= 0.6 is 23.2 Å². The number of halogens is 2. The summed E-state index contributed by atoms with van der Waals surface area (Å²) in [7, 11) is 3.23. The van der Waals surface area contributed by atoms with Crippen LogP contribution in [0.15, 0.2) is 65.7 Å². The van der Waals surface area contributed by atoms with E-state index in [-0.39, 0.29) is 11.9 Å². The number of ether oxygens (including phenoxy) is 2. The predicted molar refractivity (Wildman–Crippen MR) is 175 cm³/mol. The van der Waals surface area contributed by atoms with E-state index in [1.807, 2.05) is 60.7 Å². The van der Waals surface area contributed by atoms with Crippen molar-refractivity contribution < 1.29 is 14.3 Å². The van der Waals surface area contributed by atoms with Gasteiger partial charge in [0.15, 0.2) is 0 Å². The lowest BCUT2D eigenvalue weighted by Gasteiger charge is -2.15. The van der Waals surface area contributed by atoms with E-state index in [4.69, 9.17) is 42.6 Å². The van der Waals surface area contributed by atoms with E-state index >= 15 is 0 Å². The zero-order valence-electron chi connectivity index (χ0n) is 24.6. The number of amides is 1. The number of benzene rings is 2. The minimum Gasteiger partial charge on any atom is -0.481 e. The Morgan fingerprint density at radius 3 is 2.05 bits per heavy atom. The number of aromatic nitrogens is 2. The topological polar surface area (TPSA) is 97.7 Å². The number of nitrogens with zero attached hydrogens (tertiary/aromatic N) is 3. The Hall–Kier alpha value is -4.14. The standard InChI is InChI=1S/C34H33Cl2N5O3/c1-43-33-20(6-3-7-21-13-17-29(42)39-21)12-15-27(40-33)24-10-4-8-22(30(24)35)23-9-5-11-25(31(23)36)28-16-14-26(34(41-28)44-2)32-37-18-19-38-32/h4-5,8-12,14-16,21H,3,6-7,13,17-19H2,1-2H3,(H,37,38)(H,39,42)/t21-/m1/s1. The zero-order chi connectivity index (χ0) is 30.6. The highest BCUT2D eigenvalue weighted by atomic mass is 35.5. The lowest BCUT2D eigenvalue weighted by Crippen LogP contribution is -2.25. The van der Waals surface area contributed by atoms with Gasteiger partial charge in [-0.1, -0.05) is 65.7 Å². The average molecular weight is 631 g/mol. The van der Waals surface area contributed by atoms with Crippen molar-refractivity contribution in [1.82, 2.24) is 20.6 Å². The average Bonchev–Trinajstić information content (AvgIpc) is 3.73. The summed E-state index contributed by atoms with van der Waals surface area (Å²) in [4.78, 5) is 25.6. The van der Waals surface area contributed by atoms with Crippen LogP contribution in [-0.4, -0.2) is 55.1 Å². The van der Waals surface area contributed by atoms with E-state index in [2.05, 4.69) is 15.6 Å². The molecule has 0 radical (unpaired) electrons. The van der Waals surface area contributed by atoms with E-state index in [0.29, 0.717) is 39.6 Å². The van der Waals surface area contributed by atoms with Gasteiger partial charge in [-0.15, -0.1) is 0 Å². The molecule has 8 nitrogen and oxygen atoms in total. The first-order valence-corrected chi connectivity index (χ1v) is 15.5. The smallest absolute Gasteiger partial charge is 0.224 e. The zero-order valence-corrected chi connectivity index (χ0v) is 26.1. The second-order valence-electron chi connectivity index (χ2n) is 10.8. The van der Waals surface area contributed by atoms with Crippen LogP contribution in [0.4, 0.5) is 0 Å². The summed E-state index contributed by atoms with van der Waals surface area (Å²) in [5.41, 5.74) is 6.33. The van der Waals surface area contributed by atoms with Gasteiger partial charge < -0.3 is 20.1 Å². The Labute approximate surface area is 266 Å². The van der Waals surface area contributed by atoms with Crippen molar-refractivity contribution in [3.05, 3.63) is 81.8 Å². The molecule has 10 heteroatoms. The molecule has 0 spiro atoms. The summed E-state index contributed by atoms with van der Waals surface area (Å²) in [6.07, 6.45) is 4.20. The van der Waals surface area contributed by atoms with Crippen molar-refractivity contribution >= 4 is 34.9 Å². The van der Waals surface area contributed by atoms with Crippen LogP contribution in [0.1, 0.15) is 36.8 Å². The van der Waals surface area contributed by atoms with E-state index < -0.39 is 0 Å². The minimum atomic E-state index is 0.143. The third kappa shape index (κ3) is 6.10. The summed E-state index contributed by atoms with van der Waals surface area (Å²) < 4.78 is 11.3. The van der Waals surface area contributed by atoms with Gasteiger partial charge >= 0.3 is 0 Å². The fourth-order valence-corrected chi connectivity index (χ4v) is 6.45. The molecule has 0 saturated carbocycles. The van der Waals surface area contributed by atoms with Crippen molar-refractivity contribution in [2.45, 2.75) is 38.1 Å². The second kappa shape index (κ2) is 13.2. The Morgan fingerprint density at radius 2 is 1.45 bits per heavy atom. The Balaban J connectivity index is 1.27. The second-order valence-corrected chi connectivity index (χ2v) is 11.6. The van der Waals surface area contributed by atoms with Crippen LogP contribution in [0.3, 0.4) is 0 Å². The quantitative estimate of drug-likeness (QED) is 0.201. The number of methoxy groups -OCH3 is 2. The molecule has 44 heavy (non-hydrogen) atoms. The summed E-state index contributed by atoms with van der Waals surface area (Å²) >= 11 is 14.1. The Bertz CT molecular complexity index is 1740. The van der Waals surface area contributed by atoms with Gasteiger partial charge in [-0.3, -0.25) is 9.79 Å². The maximum absolute atomic E-state index is 11.5. The minimum absolute atomic E-state index is 0.143.